The first-order valence-corrected chi connectivity index (χ1v) is 8.59. The average Bonchev–Trinajstić information content (AvgIpc) is 2.62. The predicted molar refractivity (Wildman–Crippen MR) is 101 cm³/mol. The number of urea groups is 1. The molecule has 0 saturated carbocycles. The molecule has 0 aliphatic carbocycles. The van der Waals surface area contributed by atoms with Crippen molar-refractivity contribution in [1.82, 2.24) is 4.90 Å². The van der Waals surface area contributed by atoms with E-state index in [0.29, 0.717) is 24.3 Å². The molecular weight excluding hydrogens is 338 g/mol. The summed E-state index contributed by atoms with van der Waals surface area (Å²) in [5.41, 5.74) is 2.21. The van der Waals surface area contributed by atoms with Gasteiger partial charge in [0, 0.05) is 37.4 Å². The van der Waals surface area contributed by atoms with Crippen LogP contribution in [0.3, 0.4) is 0 Å². The number of benzene rings is 2. The quantitative estimate of drug-likeness (QED) is 0.848. The standard InChI is InChI=1S/C19H20ClN3O2/c1-14(24)15-5-4-6-16(13-15)21-19(25)23-11-9-22(10-12-23)18-8-3-2-7-17(18)20/h2-8,13H,9-12H2,1H3,(H,21,25). The van der Waals surface area contributed by atoms with Crippen molar-refractivity contribution in [3.8, 4) is 0 Å². The Bertz CT molecular complexity index is 786. The number of hydrogen-bond acceptors (Lipinski definition) is 3. The summed E-state index contributed by atoms with van der Waals surface area (Å²) in [6.45, 7) is 4.19. The van der Waals surface area contributed by atoms with Crippen LogP contribution in [0.25, 0.3) is 0 Å². The lowest BCUT2D eigenvalue weighted by Gasteiger charge is -2.36. The fourth-order valence-electron chi connectivity index (χ4n) is 2.88. The van der Waals surface area contributed by atoms with E-state index >= 15 is 0 Å². The third kappa shape index (κ3) is 4.12. The molecule has 0 atom stereocenters. The van der Waals surface area contributed by atoms with Crippen molar-refractivity contribution in [3.63, 3.8) is 0 Å². The zero-order valence-corrected chi connectivity index (χ0v) is 14.8. The van der Waals surface area contributed by atoms with Gasteiger partial charge in [0.1, 0.15) is 0 Å². The maximum Gasteiger partial charge on any atom is 0.321 e. The minimum atomic E-state index is -0.153. The van der Waals surface area contributed by atoms with E-state index in [1.807, 2.05) is 24.3 Å². The molecule has 1 aliphatic heterocycles. The monoisotopic (exact) mass is 357 g/mol. The van der Waals surface area contributed by atoms with Crippen LogP contribution in [0.5, 0.6) is 0 Å². The second-order valence-electron chi connectivity index (χ2n) is 5.99. The fourth-order valence-corrected chi connectivity index (χ4v) is 3.13. The highest BCUT2D eigenvalue weighted by atomic mass is 35.5. The van der Waals surface area contributed by atoms with Crippen molar-refractivity contribution < 1.29 is 9.59 Å². The smallest absolute Gasteiger partial charge is 0.321 e. The summed E-state index contributed by atoms with van der Waals surface area (Å²) in [5.74, 6) is -0.0237. The maximum atomic E-state index is 12.4. The minimum absolute atomic E-state index is 0.0237. The molecule has 1 N–H and O–H groups in total. The van der Waals surface area contributed by atoms with Crippen LogP contribution in [0.1, 0.15) is 17.3 Å². The number of rotatable bonds is 3. The van der Waals surface area contributed by atoms with E-state index in [9.17, 15) is 9.59 Å². The molecule has 2 aromatic carbocycles. The van der Waals surface area contributed by atoms with Crippen LogP contribution in [0.2, 0.25) is 5.02 Å². The highest BCUT2D eigenvalue weighted by Crippen LogP contribution is 2.26. The first-order chi connectivity index (χ1) is 12.0. The molecular formula is C19H20ClN3O2. The van der Waals surface area contributed by atoms with Crippen LogP contribution in [-0.4, -0.2) is 42.9 Å². The van der Waals surface area contributed by atoms with Crippen LogP contribution < -0.4 is 10.2 Å². The van der Waals surface area contributed by atoms with Crippen LogP contribution in [0.4, 0.5) is 16.2 Å². The maximum absolute atomic E-state index is 12.4. The Morgan fingerprint density at radius 3 is 2.40 bits per heavy atom. The van der Waals surface area contributed by atoms with Gasteiger partial charge in [-0.3, -0.25) is 4.79 Å². The summed E-state index contributed by atoms with van der Waals surface area (Å²) in [6, 6.07) is 14.6. The Kier molecular flexibility index (Phi) is 5.24. The summed E-state index contributed by atoms with van der Waals surface area (Å²) in [4.78, 5) is 27.8. The van der Waals surface area contributed by atoms with E-state index in [2.05, 4.69) is 10.2 Å². The van der Waals surface area contributed by atoms with E-state index in [1.165, 1.54) is 6.92 Å². The lowest BCUT2D eigenvalue weighted by molar-refractivity contribution is 0.101. The molecule has 1 fully saturated rings. The van der Waals surface area contributed by atoms with E-state index in [1.54, 1.807) is 29.2 Å². The molecule has 1 aliphatic rings. The number of Topliss-reactive ketones (excluding diaryl/α,β-unsaturated/α-hetero) is 1. The molecule has 0 bridgehead atoms. The molecule has 0 spiro atoms. The zero-order valence-electron chi connectivity index (χ0n) is 14.0. The minimum Gasteiger partial charge on any atom is -0.367 e. The number of carbonyl (C=O) groups is 2. The van der Waals surface area contributed by atoms with E-state index in [4.69, 9.17) is 11.6 Å². The van der Waals surface area contributed by atoms with E-state index in [-0.39, 0.29) is 11.8 Å². The van der Waals surface area contributed by atoms with Gasteiger partial charge < -0.3 is 15.1 Å². The normalized spacial score (nSPS) is 14.3. The second kappa shape index (κ2) is 7.57. The van der Waals surface area contributed by atoms with Crippen molar-refractivity contribution in [1.29, 1.82) is 0 Å². The molecule has 2 amide bonds. The lowest BCUT2D eigenvalue weighted by Crippen LogP contribution is -2.50. The predicted octanol–water partition coefficient (Wildman–Crippen LogP) is 3.90. The van der Waals surface area contributed by atoms with Gasteiger partial charge in [0.15, 0.2) is 5.78 Å². The number of piperazine rings is 1. The van der Waals surface area contributed by atoms with E-state index in [0.717, 1.165) is 23.8 Å². The highest BCUT2D eigenvalue weighted by molar-refractivity contribution is 6.33. The Balaban J connectivity index is 1.59. The summed E-state index contributed by atoms with van der Waals surface area (Å²) < 4.78 is 0. The fraction of sp³-hybridized carbons (Fsp3) is 0.263. The first-order valence-electron chi connectivity index (χ1n) is 8.21. The lowest BCUT2D eigenvalue weighted by atomic mass is 10.1. The zero-order chi connectivity index (χ0) is 17.8. The third-order valence-corrected chi connectivity index (χ3v) is 4.60. The van der Waals surface area contributed by atoms with Crippen molar-refractivity contribution in [3.05, 3.63) is 59.1 Å². The Morgan fingerprint density at radius 2 is 1.72 bits per heavy atom. The third-order valence-electron chi connectivity index (χ3n) is 4.28. The number of hydrogen-bond donors (Lipinski definition) is 1. The average molecular weight is 358 g/mol. The number of para-hydroxylation sites is 1. The number of halogens is 1. The molecule has 0 unspecified atom stereocenters. The van der Waals surface area contributed by atoms with Crippen molar-refractivity contribution in [2.24, 2.45) is 0 Å². The van der Waals surface area contributed by atoms with Crippen LogP contribution in [-0.2, 0) is 0 Å². The first kappa shape index (κ1) is 17.3. The van der Waals surface area contributed by atoms with Gasteiger partial charge in [0.25, 0.3) is 0 Å². The summed E-state index contributed by atoms with van der Waals surface area (Å²) >= 11 is 6.24. The van der Waals surface area contributed by atoms with Gasteiger partial charge in [-0.25, -0.2) is 4.79 Å². The SMILES string of the molecule is CC(=O)c1cccc(NC(=O)N2CCN(c3ccccc3Cl)CC2)c1. The number of amides is 2. The second-order valence-corrected chi connectivity index (χ2v) is 6.40. The molecule has 6 heteroatoms. The Morgan fingerprint density at radius 1 is 1.00 bits per heavy atom. The van der Waals surface area contributed by atoms with Crippen LogP contribution in [0, 0.1) is 0 Å². The topological polar surface area (TPSA) is 52.7 Å². The molecule has 0 aromatic heterocycles. The largest absolute Gasteiger partial charge is 0.367 e. The molecule has 3 rings (SSSR count). The van der Waals surface area contributed by atoms with E-state index < -0.39 is 0 Å². The molecule has 2 aromatic rings. The van der Waals surface area contributed by atoms with Gasteiger partial charge in [0.2, 0.25) is 0 Å². The number of ketones is 1. The molecule has 130 valence electrons. The van der Waals surface area contributed by atoms with Crippen LogP contribution in [0.15, 0.2) is 48.5 Å². The Labute approximate surface area is 152 Å². The molecule has 5 nitrogen and oxygen atoms in total. The van der Waals surface area contributed by atoms with Crippen LogP contribution >= 0.6 is 11.6 Å². The molecule has 25 heavy (non-hydrogen) atoms. The highest BCUT2D eigenvalue weighted by Gasteiger charge is 2.22. The van der Waals surface area contributed by atoms with Gasteiger partial charge in [-0.15, -0.1) is 0 Å². The molecule has 1 heterocycles. The number of anilines is 2. The number of nitrogens with one attached hydrogen (secondary N) is 1. The van der Waals surface area contributed by atoms with Gasteiger partial charge in [-0.2, -0.15) is 0 Å². The number of carbonyl (C=O) groups excluding carboxylic acids is 2. The summed E-state index contributed by atoms with van der Waals surface area (Å²) in [6.07, 6.45) is 0. The van der Waals surface area contributed by atoms with Gasteiger partial charge in [-0.05, 0) is 31.2 Å². The van der Waals surface area contributed by atoms with Gasteiger partial charge in [0.05, 0.1) is 10.7 Å². The van der Waals surface area contributed by atoms with Crippen molar-refractivity contribution in [2.45, 2.75) is 6.92 Å². The molecule has 0 radical (unpaired) electrons. The summed E-state index contributed by atoms with van der Waals surface area (Å²) in [5, 5.41) is 3.59. The number of nitrogens with zero attached hydrogens (tertiary/aromatic N) is 2. The van der Waals surface area contributed by atoms with Crippen molar-refractivity contribution in [2.75, 3.05) is 36.4 Å². The summed E-state index contributed by atoms with van der Waals surface area (Å²) in [7, 11) is 0. The molecule has 1 saturated heterocycles. The van der Waals surface area contributed by atoms with Crippen molar-refractivity contribution >= 4 is 34.8 Å². The van der Waals surface area contributed by atoms with Gasteiger partial charge in [-0.1, -0.05) is 35.9 Å². The van der Waals surface area contributed by atoms with Gasteiger partial charge >= 0.3 is 6.03 Å². The Hall–Kier alpha value is -2.53.